The Hall–Kier alpha value is -0.300. The third kappa shape index (κ3) is 2.84. The van der Waals surface area contributed by atoms with Crippen LogP contribution in [0.1, 0.15) is 58.3 Å². The molecule has 0 aromatic heterocycles. The molecule has 1 aliphatic rings. The summed E-state index contributed by atoms with van der Waals surface area (Å²) in [7, 11) is 0. The molecule has 2 unspecified atom stereocenters. The molecule has 0 aromatic carbocycles. The molecular weight excluding hydrogens is 172 g/mol. The first-order valence-electron chi connectivity index (χ1n) is 6.09. The molecular formula is C13H24O. The van der Waals surface area contributed by atoms with Crippen molar-refractivity contribution in [3.63, 3.8) is 0 Å². The molecule has 1 saturated carbocycles. The van der Waals surface area contributed by atoms with Crippen molar-refractivity contribution in [3.8, 4) is 0 Å². The van der Waals surface area contributed by atoms with Crippen LogP contribution in [-0.4, -0.2) is 10.7 Å². The van der Waals surface area contributed by atoms with Gasteiger partial charge in [0.25, 0.3) is 0 Å². The van der Waals surface area contributed by atoms with Crippen molar-refractivity contribution in [1.82, 2.24) is 0 Å². The molecule has 0 bridgehead atoms. The molecule has 0 radical (unpaired) electrons. The van der Waals surface area contributed by atoms with E-state index in [0.717, 1.165) is 6.42 Å². The summed E-state index contributed by atoms with van der Waals surface area (Å²) < 4.78 is 0. The smallest absolute Gasteiger partial charge is 0.0853 e. The highest BCUT2D eigenvalue weighted by Gasteiger charge is 2.37. The molecule has 14 heavy (non-hydrogen) atoms. The van der Waals surface area contributed by atoms with Gasteiger partial charge in [-0.2, -0.15) is 0 Å². The van der Waals surface area contributed by atoms with Crippen molar-refractivity contribution in [2.45, 2.75) is 63.9 Å². The summed E-state index contributed by atoms with van der Waals surface area (Å²) in [5.41, 5.74) is -0.536. The molecule has 82 valence electrons. The molecule has 0 spiro atoms. The van der Waals surface area contributed by atoms with Gasteiger partial charge in [-0.25, -0.2) is 0 Å². The van der Waals surface area contributed by atoms with Gasteiger partial charge in [0, 0.05) is 0 Å². The Bertz CT molecular complexity index is 176. The van der Waals surface area contributed by atoms with E-state index in [1.54, 1.807) is 6.08 Å². The van der Waals surface area contributed by atoms with Crippen LogP contribution in [0.15, 0.2) is 12.7 Å². The topological polar surface area (TPSA) is 20.2 Å². The van der Waals surface area contributed by atoms with E-state index < -0.39 is 5.60 Å². The second kappa shape index (κ2) is 5.55. The fourth-order valence-electron chi connectivity index (χ4n) is 2.57. The largest absolute Gasteiger partial charge is 0.386 e. The quantitative estimate of drug-likeness (QED) is 0.507. The second-order valence-electron chi connectivity index (χ2n) is 4.63. The molecule has 1 N–H and O–H groups in total. The summed E-state index contributed by atoms with van der Waals surface area (Å²) in [5, 5.41) is 10.2. The third-order valence-corrected chi connectivity index (χ3v) is 3.60. The van der Waals surface area contributed by atoms with E-state index in [2.05, 4.69) is 13.5 Å². The highest BCUT2D eigenvalue weighted by Crippen LogP contribution is 2.39. The number of hydrogen-bond acceptors (Lipinski definition) is 1. The van der Waals surface area contributed by atoms with E-state index in [0.29, 0.717) is 5.92 Å². The molecule has 1 heteroatoms. The van der Waals surface area contributed by atoms with Crippen molar-refractivity contribution in [2.75, 3.05) is 0 Å². The Morgan fingerprint density at radius 3 is 2.86 bits per heavy atom. The molecule has 1 aliphatic carbocycles. The lowest BCUT2D eigenvalue weighted by Crippen LogP contribution is -2.30. The van der Waals surface area contributed by atoms with Gasteiger partial charge in [0.15, 0.2) is 0 Å². The Balaban J connectivity index is 2.26. The number of aliphatic hydroxyl groups is 1. The van der Waals surface area contributed by atoms with Crippen LogP contribution in [0.25, 0.3) is 0 Å². The minimum atomic E-state index is -0.536. The Morgan fingerprint density at radius 2 is 2.21 bits per heavy atom. The van der Waals surface area contributed by atoms with Gasteiger partial charge in [-0.05, 0) is 31.6 Å². The zero-order valence-corrected chi connectivity index (χ0v) is 9.47. The Kier molecular flexibility index (Phi) is 4.67. The van der Waals surface area contributed by atoms with Crippen LogP contribution in [0, 0.1) is 5.92 Å². The maximum Gasteiger partial charge on any atom is 0.0853 e. The van der Waals surface area contributed by atoms with Crippen LogP contribution in [-0.2, 0) is 0 Å². The van der Waals surface area contributed by atoms with E-state index in [4.69, 9.17) is 0 Å². The number of hydrogen-bond donors (Lipinski definition) is 1. The van der Waals surface area contributed by atoms with Gasteiger partial charge in [-0.1, -0.05) is 38.7 Å². The molecule has 0 aliphatic heterocycles. The van der Waals surface area contributed by atoms with Gasteiger partial charge in [-0.3, -0.25) is 0 Å². The zero-order chi connectivity index (χ0) is 10.4. The SMILES string of the molecule is C=CC1(O)CCCC1CCCCCC. The molecule has 1 fully saturated rings. The van der Waals surface area contributed by atoms with Crippen molar-refractivity contribution in [2.24, 2.45) is 5.92 Å². The van der Waals surface area contributed by atoms with Crippen LogP contribution in [0.2, 0.25) is 0 Å². The lowest BCUT2D eigenvalue weighted by Gasteiger charge is -2.26. The predicted octanol–water partition coefficient (Wildman–Crippen LogP) is 3.67. The van der Waals surface area contributed by atoms with E-state index in [1.807, 2.05) is 0 Å². The van der Waals surface area contributed by atoms with Gasteiger partial charge in [-0.15, -0.1) is 6.58 Å². The van der Waals surface area contributed by atoms with Gasteiger partial charge < -0.3 is 5.11 Å². The van der Waals surface area contributed by atoms with Crippen LogP contribution >= 0.6 is 0 Å². The van der Waals surface area contributed by atoms with Gasteiger partial charge in [0.05, 0.1) is 5.60 Å². The highest BCUT2D eigenvalue weighted by molar-refractivity contribution is 5.04. The van der Waals surface area contributed by atoms with Crippen LogP contribution < -0.4 is 0 Å². The molecule has 1 rings (SSSR count). The maximum atomic E-state index is 10.2. The highest BCUT2D eigenvalue weighted by atomic mass is 16.3. The molecule has 0 heterocycles. The number of unbranched alkanes of at least 4 members (excludes halogenated alkanes) is 3. The minimum absolute atomic E-state index is 0.483. The summed E-state index contributed by atoms with van der Waals surface area (Å²) in [6.07, 6.45) is 11.4. The zero-order valence-electron chi connectivity index (χ0n) is 9.47. The Morgan fingerprint density at radius 1 is 1.43 bits per heavy atom. The lowest BCUT2D eigenvalue weighted by molar-refractivity contribution is 0.0465. The van der Waals surface area contributed by atoms with E-state index in [-0.39, 0.29) is 0 Å². The molecule has 0 amide bonds. The molecule has 0 aromatic rings. The first-order chi connectivity index (χ1) is 6.73. The number of rotatable bonds is 6. The average molecular weight is 196 g/mol. The minimum Gasteiger partial charge on any atom is -0.386 e. The van der Waals surface area contributed by atoms with Crippen LogP contribution in [0.3, 0.4) is 0 Å². The van der Waals surface area contributed by atoms with Crippen LogP contribution in [0.4, 0.5) is 0 Å². The van der Waals surface area contributed by atoms with Gasteiger partial charge in [0.1, 0.15) is 0 Å². The fraction of sp³-hybridized carbons (Fsp3) is 0.846. The summed E-state index contributed by atoms with van der Waals surface area (Å²) >= 11 is 0. The van der Waals surface area contributed by atoms with E-state index in [1.165, 1.54) is 44.9 Å². The summed E-state index contributed by atoms with van der Waals surface area (Å²) in [6.45, 7) is 5.99. The summed E-state index contributed by atoms with van der Waals surface area (Å²) in [4.78, 5) is 0. The van der Waals surface area contributed by atoms with Crippen LogP contribution in [0.5, 0.6) is 0 Å². The first kappa shape index (κ1) is 11.8. The van der Waals surface area contributed by atoms with Crippen molar-refractivity contribution >= 4 is 0 Å². The third-order valence-electron chi connectivity index (χ3n) is 3.60. The van der Waals surface area contributed by atoms with Gasteiger partial charge >= 0.3 is 0 Å². The molecule has 0 saturated heterocycles. The lowest BCUT2D eigenvalue weighted by atomic mass is 9.86. The van der Waals surface area contributed by atoms with Crippen molar-refractivity contribution in [1.29, 1.82) is 0 Å². The first-order valence-corrected chi connectivity index (χ1v) is 6.09. The predicted molar refractivity (Wildman–Crippen MR) is 61.2 cm³/mol. The Labute approximate surface area is 88.2 Å². The average Bonchev–Trinajstić information content (AvgIpc) is 2.56. The van der Waals surface area contributed by atoms with Crippen molar-refractivity contribution in [3.05, 3.63) is 12.7 Å². The fourth-order valence-corrected chi connectivity index (χ4v) is 2.57. The van der Waals surface area contributed by atoms with E-state index >= 15 is 0 Å². The maximum absolute atomic E-state index is 10.2. The standard InChI is InChI=1S/C13H24O/c1-3-5-6-7-9-12-10-8-11-13(12,14)4-2/h4,12,14H,2-3,5-11H2,1H3. The monoisotopic (exact) mass is 196 g/mol. The van der Waals surface area contributed by atoms with Gasteiger partial charge in [0.2, 0.25) is 0 Å². The molecule has 1 nitrogen and oxygen atoms in total. The summed E-state index contributed by atoms with van der Waals surface area (Å²) in [6, 6.07) is 0. The van der Waals surface area contributed by atoms with Crippen molar-refractivity contribution < 1.29 is 5.11 Å². The van der Waals surface area contributed by atoms with E-state index in [9.17, 15) is 5.11 Å². The second-order valence-corrected chi connectivity index (χ2v) is 4.63. The molecule has 2 atom stereocenters. The normalized spacial score (nSPS) is 32.0. The summed E-state index contributed by atoms with van der Waals surface area (Å²) in [5.74, 6) is 0.483.